The topological polar surface area (TPSA) is 68.9 Å². The number of nitrogens with two attached hydrogens (primary N) is 1. The van der Waals surface area contributed by atoms with Crippen LogP contribution in [-0.2, 0) is 0 Å². The number of hydrogen-bond acceptors (Lipinski definition) is 3. The largest absolute Gasteiger partial charge is 0.494 e. The van der Waals surface area contributed by atoms with Gasteiger partial charge in [0.2, 0.25) is 0 Å². The minimum Gasteiger partial charge on any atom is -0.494 e. The maximum Gasteiger partial charge on any atom is 0.390 e. The lowest BCUT2D eigenvalue weighted by atomic mass is 10.2. The number of nitrogens with zero attached hydrogens (tertiary/aromatic N) is 1. The van der Waals surface area contributed by atoms with Crippen LogP contribution in [0.3, 0.4) is 0 Å². The van der Waals surface area contributed by atoms with E-state index in [2.05, 4.69) is 10.3 Å². The van der Waals surface area contributed by atoms with Crippen LogP contribution in [0.25, 0.3) is 0 Å². The van der Waals surface area contributed by atoms with E-state index in [1.165, 1.54) is 0 Å². The zero-order valence-corrected chi connectivity index (χ0v) is 12.5. The van der Waals surface area contributed by atoms with E-state index >= 15 is 0 Å². The van der Waals surface area contributed by atoms with Crippen LogP contribution in [0.1, 0.15) is 20.3 Å². The maximum atomic E-state index is 12.1. The molecule has 0 amide bonds. The second-order valence-corrected chi connectivity index (χ2v) is 4.28. The summed E-state index contributed by atoms with van der Waals surface area (Å²) in [5.74, 6) is 0.996. The zero-order chi connectivity index (χ0) is 16.6. The lowest BCUT2D eigenvalue weighted by molar-refractivity contribution is -0.132. The van der Waals surface area contributed by atoms with Gasteiger partial charge in [-0.25, -0.2) is 0 Å². The van der Waals surface area contributed by atoms with Crippen molar-refractivity contribution in [2.24, 2.45) is 10.7 Å². The van der Waals surface area contributed by atoms with Crippen molar-refractivity contribution in [1.29, 1.82) is 0 Å². The molecule has 0 atom stereocenters. The third-order valence-electron chi connectivity index (χ3n) is 2.50. The Morgan fingerprint density at radius 3 is 2.50 bits per heavy atom. The van der Waals surface area contributed by atoms with Gasteiger partial charge in [-0.3, -0.25) is 4.99 Å². The van der Waals surface area contributed by atoms with Crippen molar-refractivity contribution in [2.75, 3.05) is 25.1 Å². The fraction of sp³-hybridized carbons (Fsp3) is 0.500. The van der Waals surface area contributed by atoms with Gasteiger partial charge in [0.25, 0.3) is 0 Å². The van der Waals surface area contributed by atoms with Crippen LogP contribution in [0.5, 0.6) is 11.5 Å². The molecule has 0 saturated heterocycles. The summed E-state index contributed by atoms with van der Waals surface area (Å²) in [6.45, 7) is 4.16. The fourth-order valence-electron chi connectivity index (χ4n) is 1.63. The molecule has 0 saturated carbocycles. The van der Waals surface area contributed by atoms with Gasteiger partial charge in [0.05, 0.1) is 31.9 Å². The third kappa shape index (κ3) is 6.55. The smallest absolute Gasteiger partial charge is 0.390 e. The number of aliphatic imine (C=N–C) groups is 1. The maximum absolute atomic E-state index is 12.1. The molecule has 0 fully saturated rings. The minimum absolute atomic E-state index is 0.112. The Morgan fingerprint density at radius 1 is 1.23 bits per heavy atom. The molecule has 0 aromatic heterocycles. The van der Waals surface area contributed by atoms with E-state index in [0.29, 0.717) is 30.4 Å². The summed E-state index contributed by atoms with van der Waals surface area (Å²) in [7, 11) is 0. The molecule has 8 heteroatoms. The quantitative estimate of drug-likeness (QED) is 0.598. The van der Waals surface area contributed by atoms with Gasteiger partial charge < -0.3 is 20.5 Å². The average molecular weight is 319 g/mol. The Morgan fingerprint density at radius 2 is 1.91 bits per heavy atom. The van der Waals surface area contributed by atoms with Crippen molar-refractivity contribution >= 4 is 11.6 Å². The molecule has 0 aliphatic carbocycles. The molecular weight excluding hydrogens is 299 g/mol. The molecule has 0 radical (unpaired) electrons. The Bertz CT molecular complexity index is 505. The second kappa shape index (κ2) is 8.35. The predicted octanol–water partition coefficient (Wildman–Crippen LogP) is 3.16. The summed E-state index contributed by atoms with van der Waals surface area (Å²) >= 11 is 0. The fourth-order valence-corrected chi connectivity index (χ4v) is 1.63. The first-order valence-corrected chi connectivity index (χ1v) is 6.89. The summed E-state index contributed by atoms with van der Waals surface area (Å²) in [5, 5.41) is 2.74. The number of halogens is 3. The van der Waals surface area contributed by atoms with Crippen molar-refractivity contribution in [2.45, 2.75) is 26.4 Å². The number of guanidine groups is 1. The average Bonchev–Trinajstić information content (AvgIpc) is 2.40. The summed E-state index contributed by atoms with van der Waals surface area (Å²) in [6, 6.07) is 5.08. The van der Waals surface area contributed by atoms with Crippen LogP contribution in [-0.4, -0.2) is 31.9 Å². The predicted molar refractivity (Wildman–Crippen MR) is 79.6 cm³/mol. The number of anilines is 1. The third-order valence-corrected chi connectivity index (χ3v) is 2.50. The summed E-state index contributed by atoms with van der Waals surface area (Å²) in [6.07, 6.45) is -5.28. The molecule has 0 aliphatic rings. The van der Waals surface area contributed by atoms with E-state index in [9.17, 15) is 13.2 Å². The van der Waals surface area contributed by atoms with E-state index in [1.807, 2.05) is 13.8 Å². The highest BCUT2D eigenvalue weighted by Crippen LogP contribution is 2.29. The van der Waals surface area contributed by atoms with Gasteiger partial charge in [-0.1, -0.05) is 0 Å². The summed E-state index contributed by atoms with van der Waals surface area (Å²) in [5.41, 5.74) is 6.09. The zero-order valence-electron chi connectivity index (χ0n) is 12.5. The van der Waals surface area contributed by atoms with Crippen LogP contribution in [0.4, 0.5) is 18.9 Å². The van der Waals surface area contributed by atoms with E-state index < -0.39 is 19.1 Å². The highest BCUT2D eigenvalue weighted by Gasteiger charge is 2.26. The number of nitrogens with one attached hydrogen (secondary N) is 1. The molecule has 0 spiro atoms. The van der Waals surface area contributed by atoms with Gasteiger partial charge in [-0.05, 0) is 26.0 Å². The molecule has 1 aromatic carbocycles. The first kappa shape index (κ1) is 17.9. The standard InChI is InChI=1S/C14H20F3N3O2/c1-3-21-10-5-6-12(22-4-2)11(9-10)20-13(18)19-8-7-14(15,16)17/h5-6,9H,3-4,7-8H2,1-2H3,(H3,18,19,20). The Labute approximate surface area is 127 Å². The molecule has 124 valence electrons. The van der Waals surface area contributed by atoms with E-state index in [4.69, 9.17) is 15.2 Å². The molecule has 22 heavy (non-hydrogen) atoms. The highest BCUT2D eigenvalue weighted by molar-refractivity contribution is 5.94. The Hall–Kier alpha value is -2.12. The highest BCUT2D eigenvalue weighted by atomic mass is 19.4. The lowest BCUT2D eigenvalue weighted by Gasteiger charge is -2.14. The molecule has 1 aromatic rings. The van der Waals surface area contributed by atoms with E-state index in [-0.39, 0.29) is 5.96 Å². The normalized spacial score (nSPS) is 12.1. The van der Waals surface area contributed by atoms with Gasteiger partial charge in [0.1, 0.15) is 11.5 Å². The first-order chi connectivity index (χ1) is 10.4. The van der Waals surface area contributed by atoms with Crippen molar-refractivity contribution in [3.8, 4) is 11.5 Å². The molecule has 0 bridgehead atoms. The van der Waals surface area contributed by atoms with Gasteiger partial charge in [0.15, 0.2) is 5.96 Å². The summed E-state index contributed by atoms with van der Waals surface area (Å²) < 4.78 is 47.0. The molecule has 1 rings (SSSR count). The number of ether oxygens (including phenoxy) is 2. The molecule has 5 nitrogen and oxygen atoms in total. The van der Waals surface area contributed by atoms with E-state index in [0.717, 1.165) is 0 Å². The molecule has 3 N–H and O–H groups in total. The first-order valence-electron chi connectivity index (χ1n) is 6.89. The second-order valence-electron chi connectivity index (χ2n) is 4.28. The Kier molecular flexibility index (Phi) is 6.81. The van der Waals surface area contributed by atoms with Crippen molar-refractivity contribution in [3.05, 3.63) is 18.2 Å². The number of benzene rings is 1. The van der Waals surface area contributed by atoms with Crippen molar-refractivity contribution < 1.29 is 22.6 Å². The van der Waals surface area contributed by atoms with Gasteiger partial charge in [0, 0.05) is 6.07 Å². The minimum atomic E-state index is -4.25. The summed E-state index contributed by atoms with van der Waals surface area (Å²) in [4.78, 5) is 3.65. The monoisotopic (exact) mass is 319 g/mol. The van der Waals surface area contributed by atoms with Crippen molar-refractivity contribution in [3.63, 3.8) is 0 Å². The van der Waals surface area contributed by atoms with Gasteiger partial charge in [-0.2, -0.15) is 13.2 Å². The molecule has 0 unspecified atom stereocenters. The number of rotatable bonds is 7. The van der Waals surface area contributed by atoms with Gasteiger partial charge in [-0.15, -0.1) is 0 Å². The van der Waals surface area contributed by atoms with Crippen LogP contribution in [0.2, 0.25) is 0 Å². The Balaban J connectivity index is 2.79. The van der Waals surface area contributed by atoms with E-state index in [1.54, 1.807) is 18.2 Å². The number of hydrogen-bond donors (Lipinski definition) is 2. The lowest BCUT2D eigenvalue weighted by Crippen LogP contribution is -2.24. The van der Waals surface area contributed by atoms with Crippen LogP contribution in [0.15, 0.2) is 23.2 Å². The van der Waals surface area contributed by atoms with Crippen LogP contribution >= 0.6 is 0 Å². The SMILES string of the molecule is CCOc1ccc(OCC)c(NC(N)=NCCC(F)(F)F)c1. The van der Waals surface area contributed by atoms with Crippen molar-refractivity contribution in [1.82, 2.24) is 0 Å². The molecule has 0 heterocycles. The van der Waals surface area contributed by atoms with Gasteiger partial charge >= 0.3 is 6.18 Å². The molecular formula is C14H20F3N3O2. The van der Waals surface area contributed by atoms with Crippen LogP contribution < -0.4 is 20.5 Å². The molecule has 0 aliphatic heterocycles. The number of alkyl halides is 3. The van der Waals surface area contributed by atoms with Crippen LogP contribution in [0, 0.1) is 0 Å².